The predicted molar refractivity (Wildman–Crippen MR) is 103 cm³/mol. The van der Waals surface area contributed by atoms with Crippen molar-refractivity contribution in [3.8, 4) is 0 Å². The predicted octanol–water partition coefficient (Wildman–Crippen LogP) is 4.84. The lowest BCUT2D eigenvalue weighted by Gasteiger charge is -2.05. The molecule has 0 aliphatic rings. The van der Waals surface area contributed by atoms with E-state index < -0.39 is 10.1 Å². The Morgan fingerprint density at radius 1 is 0.720 bits per heavy atom. The zero-order valence-corrected chi connectivity index (χ0v) is 17.0. The minimum absolute atomic E-state index is 0.195. The first-order valence-electron chi connectivity index (χ1n) is 9.87. The van der Waals surface area contributed by atoms with E-state index in [4.69, 9.17) is 0 Å². The molecule has 0 aliphatic heterocycles. The molecular formula is C20H37NO3S. The normalized spacial score (nSPS) is 11.0. The second-order valence-corrected chi connectivity index (χ2v) is 8.08. The van der Waals surface area contributed by atoms with E-state index >= 15 is 0 Å². The van der Waals surface area contributed by atoms with Gasteiger partial charge in [-0.25, -0.2) is 13.0 Å². The molecule has 0 N–H and O–H groups in total. The molecular weight excluding hydrogens is 334 g/mol. The third-order valence-corrected chi connectivity index (χ3v) is 4.83. The monoisotopic (exact) mass is 371 g/mol. The summed E-state index contributed by atoms with van der Waals surface area (Å²) in [5.74, 6) is -0.195. The molecule has 1 aromatic heterocycles. The maximum atomic E-state index is 10.2. The Morgan fingerprint density at radius 2 is 1.20 bits per heavy atom. The van der Waals surface area contributed by atoms with Gasteiger partial charge in [0.25, 0.3) is 0 Å². The summed E-state index contributed by atoms with van der Waals surface area (Å²) in [4.78, 5) is 0. The molecule has 0 amide bonds. The maximum Gasteiger partial charge on any atom is 0.168 e. The number of hydrogen-bond acceptors (Lipinski definition) is 3. The average Bonchev–Trinajstić information content (AvgIpc) is 2.58. The van der Waals surface area contributed by atoms with Crippen molar-refractivity contribution in [2.75, 3.05) is 5.75 Å². The molecule has 146 valence electrons. The van der Waals surface area contributed by atoms with Gasteiger partial charge in [-0.1, -0.05) is 71.3 Å². The van der Waals surface area contributed by atoms with Gasteiger partial charge >= 0.3 is 0 Å². The fourth-order valence-electron chi connectivity index (χ4n) is 2.54. The number of aryl methyl sites for hydroxylation is 1. The lowest BCUT2D eigenvalue weighted by atomic mass is 10.1. The Labute approximate surface area is 155 Å². The summed E-state index contributed by atoms with van der Waals surface area (Å²) >= 11 is 0. The molecule has 0 spiro atoms. The summed E-state index contributed by atoms with van der Waals surface area (Å²) in [5, 5.41) is 0. The highest BCUT2D eigenvalue weighted by Crippen LogP contribution is 2.05. The summed E-state index contributed by atoms with van der Waals surface area (Å²) < 4.78 is 32.7. The van der Waals surface area contributed by atoms with Gasteiger partial charge in [0.2, 0.25) is 0 Å². The Bertz CT molecular complexity index is 489. The van der Waals surface area contributed by atoms with Crippen LogP contribution in [0.4, 0.5) is 0 Å². The van der Waals surface area contributed by atoms with E-state index in [0.29, 0.717) is 6.42 Å². The molecule has 5 heteroatoms. The number of pyridine rings is 1. The number of aromatic nitrogens is 1. The fraction of sp³-hybridized carbons (Fsp3) is 0.750. The van der Waals surface area contributed by atoms with E-state index in [0.717, 1.165) is 19.3 Å². The SMILES string of the molecule is CCCCCCCCS(=O)(=O)[O-].CCCCCCC[n+]1ccccc1. The van der Waals surface area contributed by atoms with Crippen molar-refractivity contribution in [1.29, 1.82) is 0 Å². The summed E-state index contributed by atoms with van der Waals surface area (Å²) in [7, 11) is -3.97. The molecule has 0 atom stereocenters. The van der Waals surface area contributed by atoms with Gasteiger partial charge in [0.1, 0.15) is 6.54 Å². The lowest BCUT2D eigenvalue weighted by molar-refractivity contribution is -0.697. The first-order valence-corrected chi connectivity index (χ1v) is 11.4. The molecule has 25 heavy (non-hydrogen) atoms. The lowest BCUT2D eigenvalue weighted by Crippen LogP contribution is -2.32. The average molecular weight is 372 g/mol. The van der Waals surface area contributed by atoms with Gasteiger partial charge in [-0.3, -0.25) is 0 Å². The van der Waals surface area contributed by atoms with E-state index in [2.05, 4.69) is 49.0 Å². The highest BCUT2D eigenvalue weighted by Gasteiger charge is 1.96. The number of nitrogens with zero attached hydrogens (tertiary/aromatic N) is 1. The van der Waals surface area contributed by atoms with Gasteiger partial charge < -0.3 is 4.55 Å². The maximum absolute atomic E-state index is 10.2. The second kappa shape index (κ2) is 16.5. The van der Waals surface area contributed by atoms with Crippen LogP contribution in [0.15, 0.2) is 30.6 Å². The summed E-state index contributed by atoms with van der Waals surface area (Å²) in [6, 6.07) is 6.24. The van der Waals surface area contributed by atoms with Gasteiger partial charge in [0, 0.05) is 24.3 Å². The molecule has 0 saturated carbocycles. The number of hydrogen-bond donors (Lipinski definition) is 0. The molecule has 0 saturated heterocycles. The van der Waals surface area contributed by atoms with E-state index in [1.807, 2.05) is 0 Å². The molecule has 1 aromatic rings. The van der Waals surface area contributed by atoms with Crippen molar-refractivity contribution < 1.29 is 17.5 Å². The van der Waals surface area contributed by atoms with Gasteiger partial charge in [-0.15, -0.1) is 0 Å². The van der Waals surface area contributed by atoms with Crippen LogP contribution in [0.25, 0.3) is 0 Å². The van der Waals surface area contributed by atoms with Crippen molar-refractivity contribution >= 4 is 10.1 Å². The zero-order valence-electron chi connectivity index (χ0n) is 16.2. The molecule has 0 aliphatic carbocycles. The van der Waals surface area contributed by atoms with Crippen LogP contribution in [0.3, 0.4) is 0 Å². The first-order chi connectivity index (χ1) is 12.0. The molecule has 0 bridgehead atoms. The van der Waals surface area contributed by atoms with Gasteiger partial charge in [-0.05, 0) is 12.8 Å². The van der Waals surface area contributed by atoms with Crippen LogP contribution in [0.2, 0.25) is 0 Å². The van der Waals surface area contributed by atoms with Crippen LogP contribution in [-0.4, -0.2) is 18.7 Å². The molecule has 0 aromatic carbocycles. The van der Waals surface area contributed by atoms with Crippen LogP contribution in [0.1, 0.15) is 84.5 Å². The smallest absolute Gasteiger partial charge is 0.168 e. The van der Waals surface area contributed by atoms with Crippen molar-refractivity contribution in [1.82, 2.24) is 0 Å². The number of unbranched alkanes of at least 4 members (excludes halogenated alkanes) is 9. The van der Waals surface area contributed by atoms with E-state index in [1.54, 1.807) is 0 Å². The molecule has 1 heterocycles. The van der Waals surface area contributed by atoms with Crippen molar-refractivity contribution in [3.63, 3.8) is 0 Å². The summed E-state index contributed by atoms with van der Waals surface area (Å²) in [6.07, 6.45) is 17.0. The van der Waals surface area contributed by atoms with Crippen LogP contribution in [0, 0.1) is 0 Å². The summed E-state index contributed by atoms with van der Waals surface area (Å²) in [5.41, 5.74) is 0. The van der Waals surface area contributed by atoms with E-state index in [1.165, 1.54) is 51.5 Å². The van der Waals surface area contributed by atoms with Gasteiger partial charge in [0.05, 0.1) is 10.1 Å². The topological polar surface area (TPSA) is 61.1 Å². The minimum atomic E-state index is -3.97. The highest BCUT2D eigenvalue weighted by molar-refractivity contribution is 7.85. The first kappa shape index (κ1) is 24.1. The van der Waals surface area contributed by atoms with Crippen LogP contribution >= 0.6 is 0 Å². The van der Waals surface area contributed by atoms with E-state index in [-0.39, 0.29) is 5.75 Å². The fourth-order valence-corrected chi connectivity index (χ4v) is 3.10. The van der Waals surface area contributed by atoms with E-state index in [9.17, 15) is 13.0 Å². The standard InChI is InChI=1S/C12H20N.C8H18O3S/c1-2-3-4-5-7-10-13-11-8-6-9-12-13;1-2-3-4-5-6-7-8-12(9,10)11/h6,8-9,11-12H,2-5,7,10H2,1H3;2-8H2,1H3,(H,9,10,11)/q+1;/p-1. The highest BCUT2D eigenvalue weighted by atomic mass is 32.2. The zero-order chi connectivity index (χ0) is 18.8. The quantitative estimate of drug-likeness (QED) is 0.283. The molecule has 4 nitrogen and oxygen atoms in total. The van der Waals surface area contributed by atoms with Crippen molar-refractivity contribution in [2.24, 2.45) is 0 Å². The van der Waals surface area contributed by atoms with Crippen LogP contribution in [0.5, 0.6) is 0 Å². The van der Waals surface area contributed by atoms with Gasteiger partial charge in [0.15, 0.2) is 12.4 Å². The summed E-state index contributed by atoms with van der Waals surface area (Å²) in [6.45, 7) is 5.55. The second-order valence-electron chi connectivity index (χ2n) is 6.56. The minimum Gasteiger partial charge on any atom is -0.748 e. The van der Waals surface area contributed by atoms with Crippen molar-refractivity contribution in [2.45, 2.75) is 91.0 Å². The molecule has 0 fully saturated rings. The van der Waals surface area contributed by atoms with Crippen LogP contribution in [-0.2, 0) is 16.7 Å². The van der Waals surface area contributed by atoms with Crippen molar-refractivity contribution in [3.05, 3.63) is 30.6 Å². The Balaban J connectivity index is 0.000000463. The third kappa shape index (κ3) is 19.2. The largest absolute Gasteiger partial charge is 0.748 e. The van der Waals surface area contributed by atoms with Gasteiger partial charge in [-0.2, -0.15) is 0 Å². The Hall–Kier alpha value is -0.940. The molecule has 0 radical (unpaired) electrons. The third-order valence-electron chi connectivity index (χ3n) is 4.05. The molecule has 0 unspecified atom stereocenters. The molecule has 1 rings (SSSR count). The number of rotatable bonds is 13. The van der Waals surface area contributed by atoms with Crippen LogP contribution < -0.4 is 4.57 Å². The Kier molecular flexibility index (Phi) is 15.9. The Morgan fingerprint density at radius 3 is 1.72 bits per heavy atom.